The number of aryl methyl sites for hydroxylation is 1. The van der Waals surface area contributed by atoms with Crippen molar-refractivity contribution in [3.63, 3.8) is 0 Å². The standard InChI is InChI=1S/C13H16ClN3O/c1-16-10(9-17-4-6-18-7-5-17)8-11-12(16)2-3-15-13(11)14/h2-3,8H,4-7,9H2,1H3. The third-order valence-corrected chi connectivity index (χ3v) is 3.81. The number of morpholine rings is 1. The molecule has 1 saturated heterocycles. The first-order valence-electron chi connectivity index (χ1n) is 6.14. The number of fused-ring (bicyclic) bond motifs is 1. The van der Waals surface area contributed by atoms with E-state index in [0.29, 0.717) is 5.15 Å². The zero-order chi connectivity index (χ0) is 12.5. The van der Waals surface area contributed by atoms with Crippen LogP contribution in [0.2, 0.25) is 5.15 Å². The highest BCUT2D eigenvalue weighted by atomic mass is 35.5. The molecule has 2 aromatic rings. The summed E-state index contributed by atoms with van der Waals surface area (Å²) in [5.74, 6) is 0. The van der Waals surface area contributed by atoms with Gasteiger partial charge in [0.1, 0.15) is 5.15 Å². The summed E-state index contributed by atoms with van der Waals surface area (Å²) < 4.78 is 7.56. The molecule has 5 heteroatoms. The minimum Gasteiger partial charge on any atom is -0.379 e. The van der Waals surface area contributed by atoms with Crippen LogP contribution in [0.3, 0.4) is 0 Å². The molecule has 3 rings (SSSR count). The van der Waals surface area contributed by atoms with Crippen molar-refractivity contribution in [2.75, 3.05) is 26.3 Å². The first-order chi connectivity index (χ1) is 8.75. The van der Waals surface area contributed by atoms with E-state index < -0.39 is 0 Å². The molecule has 4 nitrogen and oxygen atoms in total. The Morgan fingerprint density at radius 2 is 2.17 bits per heavy atom. The maximum Gasteiger partial charge on any atom is 0.138 e. The summed E-state index contributed by atoms with van der Waals surface area (Å²) in [6, 6.07) is 4.14. The zero-order valence-electron chi connectivity index (χ0n) is 10.4. The molecule has 0 bridgehead atoms. The largest absolute Gasteiger partial charge is 0.379 e. The molecule has 0 N–H and O–H groups in total. The monoisotopic (exact) mass is 265 g/mol. The van der Waals surface area contributed by atoms with E-state index in [2.05, 4.69) is 27.6 Å². The number of hydrogen-bond acceptors (Lipinski definition) is 3. The van der Waals surface area contributed by atoms with Crippen LogP contribution in [0.4, 0.5) is 0 Å². The molecule has 2 aromatic heterocycles. The smallest absolute Gasteiger partial charge is 0.138 e. The predicted octanol–water partition coefficient (Wildman–Crippen LogP) is 2.06. The van der Waals surface area contributed by atoms with Crippen LogP contribution >= 0.6 is 11.6 Å². The van der Waals surface area contributed by atoms with Crippen molar-refractivity contribution in [2.24, 2.45) is 7.05 Å². The molecule has 0 aliphatic carbocycles. The molecular formula is C13H16ClN3O. The third kappa shape index (κ3) is 2.11. The van der Waals surface area contributed by atoms with Crippen LogP contribution in [0.1, 0.15) is 5.69 Å². The van der Waals surface area contributed by atoms with Crippen molar-refractivity contribution in [3.8, 4) is 0 Å². The Morgan fingerprint density at radius 1 is 1.39 bits per heavy atom. The van der Waals surface area contributed by atoms with Gasteiger partial charge in [-0.15, -0.1) is 0 Å². The summed E-state index contributed by atoms with van der Waals surface area (Å²) in [6.45, 7) is 4.57. The Labute approximate surface area is 111 Å². The fraction of sp³-hybridized carbons (Fsp3) is 0.462. The van der Waals surface area contributed by atoms with E-state index in [-0.39, 0.29) is 0 Å². The van der Waals surface area contributed by atoms with Crippen LogP contribution in [0.5, 0.6) is 0 Å². The summed E-state index contributed by atoms with van der Waals surface area (Å²) >= 11 is 6.13. The molecule has 0 amide bonds. The minimum atomic E-state index is 0.580. The molecule has 96 valence electrons. The number of rotatable bonds is 2. The van der Waals surface area contributed by atoms with Crippen molar-refractivity contribution in [2.45, 2.75) is 6.54 Å². The Kier molecular flexibility index (Phi) is 3.24. The lowest BCUT2D eigenvalue weighted by Gasteiger charge is -2.26. The zero-order valence-corrected chi connectivity index (χ0v) is 11.2. The number of hydrogen-bond donors (Lipinski definition) is 0. The van der Waals surface area contributed by atoms with Gasteiger partial charge in [0.15, 0.2) is 0 Å². The van der Waals surface area contributed by atoms with E-state index in [1.807, 2.05) is 6.07 Å². The van der Waals surface area contributed by atoms with Gasteiger partial charge in [0.2, 0.25) is 0 Å². The average Bonchev–Trinajstić information content (AvgIpc) is 2.70. The summed E-state index contributed by atoms with van der Waals surface area (Å²) in [4.78, 5) is 6.53. The molecule has 1 aliphatic rings. The van der Waals surface area contributed by atoms with Crippen LogP contribution in [0, 0.1) is 0 Å². The SMILES string of the molecule is Cn1c(CN2CCOCC2)cc2c(Cl)nccc21. The summed E-state index contributed by atoms with van der Waals surface area (Å²) in [5.41, 5.74) is 2.40. The summed E-state index contributed by atoms with van der Waals surface area (Å²) in [7, 11) is 2.08. The number of aromatic nitrogens is 2. The first kappa shape index (κ1) is 12.0. The normalized spacial score (nSPS) is 17.4. The van der Waals surface area contributed by atoms with Crippen LogP contribution in [0.15, 0.2) is 18.3 Å². The Hall–Kier alpha value is -1.10. The number of nitrogens with zero attached hydrogens (tertiary/aromatic N) is 3. The fourth-order valence-electron chi connectivity index (χ4n) is 2.42. The second-order valence-corrected chi connectivity index (χ2v) is 4.98. The van der Waals surface area contributed by atoms with Crippen molar-refractivity contribution in [1.82, 2.24) is 14.5 Å². The van der Waals surface area contributed by atoms with Crippen molar-refractivity contribution < 1.29 is 4.74 Å². The van der Waals surface area contributed by atoms with Gasteiger partial charge in [-0.1, -0.05) is 11.6 Å². The van der Waals surface area contributed by atoms with Gasteiger partial charge in [-0.05, 0) is 12.1 Å². The van der Waals surface area contributed by atoms with Crippen LogP contribution < -0.4 is 0 Å². The summed E-state index contributed by atoms with van der Waals surface area (Å²) in [6.07, 6.45) is 1.75. The van der Waals surface area contributed by atoms with Gasteiger partial charge >= 0.3 is 0 Å². The molecule has 1 fully saturated rings. The quantitative estimate of drug-likeness (QED) is 0.779. The number of ether oxygens (including phenoxy) is 1. The highest BCUT2D eigenvalue weighted by molar-refractivity contribution is 6.34. The van der Waals surface area contributed by atoms with Crippen LogP contribution in [-0.2, 0) is 18.3 Å². The lowest BCUT2D eigenvalue weighted by Crippen LogP contribution is -2.36. The Bertz CT molecular complexity index is 561. The topological polar surface area (TPSA) is 30.3 Å². The molecule has 0 spiro atoms. The third-order valence-electron chi connectivity index (χ3n) is 3.51. The van der Waals surface area contributed by atoms with Gasteiger partial charge in [-0.25, -0.2) is 4.98 Å². The van der Waals surface area contributed by atoms with Gasteiger partial charge in [0.05, 0.1) is 18.7 Å². The van der Waals surface area contributed by atoms with E-state index in [4.69, 9.17) is 16.3 Å². The average molecular weight is 266 g/mol. The Morgan fingerprint density at radius 3 is 2.89 bits per heavy atom. The molecule has 3 heterocycles. The highest BCUT2D eigenvalue weighted by Crippen LogP contribution is 2.25. The van der Waals surface area contributed by atoms with Gasteiger partial charge in [-0.2, -0.15) is 0 Å². The van der Waals surface area contributed by atoms with Gasteiger partial charge in [-0.3, -0.25) is 4.90 Å². The molecule has 1 aliphatic heterocycles. The van der Waals surface area contributed by atoms with Gasteiger partial charge in [0.25, 0.3) is 0 Å². The molecule has 0 unspecified atom stereocenters. The lowest BCUT2D eigenvalue weighted by molar-refractivity contribution is 0.0333. The van der Waals surface area contributed by atoms with Crippen LogP contribution in [-0.4, -0.2) is 40.8 Å². The van der Waals surface area contributed by atoms with Gasteiger partial charge < -0.3 is 9.30 Å². The van der Waals surface area contributed by atoms with E-state index in [1.54, 1.807) is 6.20 Å². The van der Waals surface area contributed by atoms with E-state index in [9.17, 15) is 0 Å². The molecule has 0 radical (unpaired) electrons. The second kappa shape index (κ2) is 4.88. The van der Waals surface area contributed by atoms with Crippen molar-refractivity contribution in [3.05, 3.63) is 29.2 Å². The molecule has 0 aromatic carbocycles. The molecule has 0 saturated carbocycles. The van der Waals surface area contributed by atoms with Crippen molar-refractivity contribution in [1.29, 1.82) is 0 Å². The fourth-order valence-corrected chi connectivity index (χ4v) is 2.63. The maximum absolute atomic E-state index is 6.13. The minimum absolute atomic E-state index is 0.580. The summed E-state index contributed by atoms with van der Waals surface area (Å²) in [5, 5.41) is 1.61. The Balaban J connectivity index is 1.92. The van der Waals surface area contributed by atoms with Gasteiger partial charge in [0, 0.05) is 44.0 Å². The van der Waals surface area contributed by atoms with E-state index in [1.165, 1.54) is 5.69 Å². The molecule has 0 atom stereocenters. The van der Waals surface area contributed by atoms with E-state index in [0.717, 1.165) is 43.8 Å². The predicted molar refractivity (Wildman–Crippen MR) is 71.8 cm³/mol. The molecule has 18 heavy (non-hydrogen) atoms. The number of pyridine rings is 1. The van der Waals surface area contributed by atoms with E-state index >= 15 is 0 Å². The van der Waals surface area contributed by atoms with Crippen LogP contribution in [0.25, 0.3) is 10.9 Å². The highest BCUT2D eigenvalue weighted by Gasteiger charge is 2.14. The lowest BCUT2D eigenvalue weighted by atomic mass is 10.3. The maximum atomic E-state index is 6.13. The first-order valence-corrected chi connectivity index (χ1v) is 6.52. The molecular weight excluding hydrogens is 250 g/mol. The number of halogens is 1. The second-order valence-electron chi connectivity index (χ2n) is 4.62. The van der Waals surface area contributed by atoms with Crippen molar-refractivity contribution >= 4 is 22.5 Å².